The van der Waals surface area contributed by atoms with Gasteiger partial charge in [-0.3, -0.25) is 4.98 Å². The van der Waals surface area contributed by atoms with Crippen molar-refractivity contribution >= 4 is 11.6 Å². The third-order valence-corrected chi connectivity index (χ3v) is 3.22. The molecule has 0 aliphatic rings. The van der Waals surface area contributed by atoms with Crippen LogP contribution >= 0.6 is 11.6 Å². The summed E-state index contributed by atoms with van der Waals surface area (Å²) in [5.74, 6) is 0. The SMILES string of the molecule is CCCCc1nc(Cl)c(C#N)cc1-c1ccncc1. The van der Waals surface area contributed by atoms with Gasteiger partial charge in [0.15, 0.2) is 0 Å². The Balaban J connectivity index is 2.53. The smallest absolute Gasteiger partial charge is 0.147 e. The molecule has 3 nitrogen and oxygen atoms in total. The maximum atomic E-state index is 9.07. The first kappa shape index (κ1) is 13.5. The predicted molar refractivity (Wildman–Crippen MR) is 75.8 cm³/mol. The number of nitriles is 1. The van der Waals surface area contributed by atoms with Crippen LogP contribution < -0.4 is 0 Å². The molecule has 0 unspecified atom stereocenters. The number of rotatable bonds is 4. The maximum Gasteiger partial charge on any atom is 0.147 e. The highest BCUT2D eigenvalue weighted by molar-refractivity contribution is 6.30. The Morgan fingerprint density at radius 2 is 2.05 bits per heavy atom. The molecule has 0 aromatic carbocycles. The van der Waals surface area contributed by atoms with Gasteiger partial charge in [0.05, 0.1) is 11.3 Å². The molecular weight excluding hydrogens is 258 g/mol. The summed E-state index contributed by atoms with van der Waals surface area (Å²) in [6.07, 6.45) is 6.47. The van der Waals surface area contributed by atoms with E-state index in [0.29, 0.717) is 5.56 Å². The van der Waals surface area contributed by atoms with Crippen molar-refractivity contribution in [3.8, 4) is 17.2 Å². The highest BCUT2D eigenvalue weighted by atomic mass is 35.5. The zero-order chi connectivity index (χ0) is 13.7. The molecule has 19 heavy (non-hydrogen) atoms. The molecule has 0 aliphatic heterocycles. The van der Waals surface area contributed by atoms with Gasteiger partial charge in [0.25, 0.3) is 0 Å². The van der Waals surface area contributed by atoms with E-state index < -0.39 is 0 Å². The lowest BCUT2D eigenvalue weighted by Crippen LogP contribution is -1.98. The average Bonchev–Trinajstić information content (AvgIpc) is 2.46. The summed E-state index contributed by atoms with van der Waals surface area (Å²) < 4.78 is 0. The van der Waals surface area contributed by atoms with Gasteiger partial charge in [0.2, 0.25) is 0 Å². The molecule has 96 valence electrons. The lowest BCUT2D eigenvalue weighted by Gasteiger charge is -2.10. The number of pyridine rings is 2. The molecule has 2 rings (SSSR count). The van der Waals surface area contributed by atoms with E-state index >= 15 is 0 Å². The van der Waals surface area contributed by atoms with E-state index in [4.69, 9.17) is 16.9 Å². The fourth-order valence-electron chi connectivity index (χ4n) is 1.92. The first-order valence-corrected chi connectivity index (χ1v) is 6.64. The van der Waals surface area contributed by atoms with Crippen LogP contribution in [-0.2, 0) is 6.42 Å². The maximum absolute atomic E-state index is 9.07. The number of hydrogen-bond acceptors (Lipinski definition) is 3. The topological polar surface area (TPSA) is 49.6 Å². The Kier molecular flexibility index (Phi) is 4.48. The second-order valence-electron chi connectivity index (χ2n) is 4.27. The van der Waals surface area contributed by atoms with Crippen LogP contribution in [0.2, 0.25) is 5.15 Å². The summed E-state index contributed by atoms with van der Waals surface area (Å²) >= 11 is 6.02. The molecule has 0 radical (unpaired) electrons. The standard InChI is InChI=1S/C15H14ClN3/c1-2-3-4-14-13(11-5-7-18-8-6-11)9-12(10-17)15(16)19-14/h5-9H,2-4H2,1H3. The predicted octanol–water partition coefficient (Wildman–Crippen LogP) is 4.01. The minimum Gasteiger partial charge on any atom is -0.265 e. The Morgan fingerprint density at radius 3 is 2.68 bits per heavy atom. The van der Waals surface area contributed by atoms with Gasteiger partial charge < -0.3 is 0 Å². The molecule has 2 heterocycles. The van der Waals surface area contributed by atoms with Gasteiger partial charge in [-0.05, 0) is 36.6 Å². The van der Waals surface area contributed by atoms with Gasteiger partial charge in [0, 0.05) is 18.0 Å². The fraction of sp³-hybridized carbons (Fsp3) is 0.267. The number of nitrogens with zero attached hydrogens (tertiary/aromatic N) is 3. The second kappa shape index (κ2) is 6.31. The summed E-state index contributed by atoms with van der Waals surface area (Å²) in [7, 11) is 0. The van der Waals surface area contributed by atoms with Crippen molar-refractivity contribution in [2.24, 2.45) is 0 Å². The van der Waals surface area contributed by atoms with Gasteiger partial charge in [0.1, 0.15) is 11.2 Å². The summed E-state index contributed by atoms with van der Waals surface area (Å²) in [5.41, 5.74) is 3.34. The van der Waals surface area contributed by atoms with Gasteiger partial charge in [-0.15, -0.1) is 0 Å². The van der Waals surface area contributed by atoms with Crippen LogP contribution in [0, 0.1) is 11.3 Å². The van der Waals surface area contributed by atoms with E-state index in [9.17, 15) is 0 Å². The lowest BCUT2D eigenvalue weighted by atomic mass is 10.0. The Hall–Kier alpha value is -1.92. The van der Waals surface area contributed by atoms with E-state index in [1.54, 1.807) is 12.4 Å². The number of aromatic nitrogens is 2. The first-order chi connectivity index (χ1) is 9.26. The van der Waals surface area contributed by atoms with Crippen LogP contribution in [0.1, 0.15) is 31.0 Å². The van der Waals surface area contributed by atoms with Crippen LogP contribution in [0.3, 0.4) is 0 Å². The van der Waals surface area contributed by atoms with E-state index in [0.717, 1.165) is 36.1 Å². The zero-order valence-corrected chi connectivity index (χ0v) is 11.5. The van der Waals surface area contributed by atoms with Crippen molar-refractivity contribution in [2.45, 2.75) is 26.2 Å². The molecule has 0 aliphatic carbocycles. The molecule has 0 N–H and O–H groups in total. The van der Waals surface area contributed by atoms with Crippen molar-refractivity contribution in [2.75, 3.05) is 0 Å². The minimum absolute atomic E-state index is 0.284. The van der Waals surface area contributed by atoms with Crippen molar-refractivity contribution in [3.05, 3.63) is 47.0 Å². The monoisotopic (exact) mass is 271 g/mol. The van der Waals surface area contributed by atoms with Gasteiger partial charge in [-0.25, -0.2) is 4.98 Å². The van der Waals surface area contributed by atoms with Crippen molar-refractivity contribution < 1.29 is 0 Å². The Morgan fingerprint density at radius 1 is 1.32 bits per heavy atom. The van der Waals surface area contributed by atoms with Gasteiger partial charge in [-0.1, -0.05) is 24.9 Å². The lowest BCUT2D eigenvalue weighted by molar-refractivity contribution is 0.778. The van der Waals surface area contributed by atoms with Gasteiger partial charge >= 0.3 is 0 Å². The largest absolute Gasteiger partial charge is 0.265 e. The quantitative estimate of drug-likeness (QED) is 0.790. The third kappa shape index (κ3) is 3.10. The van der Waals surface area contributed by atoms with Crippen molar-refractivity contribution in [1.29, 1.82) is 5.26 Å². The molecule has 0 saturated carbocycles. The Labute approximate surface area is 117 Å². The van der Waals surface area contributed by atoms with Crippen LogP contribution in [0.15, 0.2) is 30.6 Å². The van der Waals surface area contributed by atoms with Crippen molar-refractivity contribution in [3.63, 3.8) is 0 Å². The second-order valence-corrected chi connectivity index (χ2v) is 4.63. The Bertz CT molecular complexity index is 603. The fourth-order valence-corrected chi connectivity index (χ4v) is 2.12. The zero-order valence-electron chi connectivity index (χ0n) is 10.7. The molecule has 2 aromatic heterocycles. The first-order valence-electron chi connectivity index (χ1n) is 6.26. The summed E-state index contributed by atoms with van der Waals surface area (Å²) in [4.78, 5) is 8.39. The third-order valence-electron chi connectivity index (χ3n) is 2.93. The molecular formula is C15H14ClN3. The molecule has 4 heteroatoms. The molecule has 0 saturated heterocycles. The van der Waals surface area contributed by atoms with Crippen molar-refractivity contribution in [1.82, 2.24) is 9.97 Å². The summed E-state index contributed by atoms with van der Waals surface area (Å²) in [5, 5.41) is 9.35. The summed E-state index contributed by atoms with van der Waals surface area (Å²) in [6.45, 7) is 2.14. The molecule has 0 bridgehead atoms. The van der Waals surface area contributed by atoms with Crippen LogP contribution in [0.25, 0.3) is 11.1 Å². The number of aryl methyl sites for hydroxylation is 1. The van der Waals surface area contributed by atoms with Crippen LogP contribution in [-0.4, -0.2) is 9.97 Å². The number of hydrogen-bond donors (Lipinski definition) is 0. The minimum atomic E-state index is 0.284. The van der Waals surface area contributed by atoms with E-state index in [1.807, 2.05) is 18.2 Å². The molecule has 0 spiro atoms. The normalized spacial score (nSPS) is 10.2. The number of unbranched alkanes of at least 4 members (excludes halogenated alkanes) is 1. The van der Waals surface area contributed by atoms with Crippen LogP contribution in [0.5, 0.6) is 0 Å². The molecule has 0 fully saturated rings. The van der Waals surface area contributed by atoms with E-state index in [2.05, 4.69) is 23.0 Å². The average molecular weight is 272 g/mol. The van der Waals surface area contributed by atoms with Crippen LogP contribution in [0.4, 0.5) is 0 Å². The highest BCUT2D eigenvalue weighted by Crippen LogP contribution is 2.27. The molecule has 0 amide bonds. The highest BCUT2D eigenvalue weighted by Gasteiger charge is 2.11. The summed E-state index contributed by atoms with van der Waals surface area (Å²) in [6, 6.07) is 7.73. The van der Waals surface area contributed by atoms with E-state index in [-0.39, 0.29) is 5.15 Å². The molecule has 2 aromatic rings. The molecule has 0 atom stereocenters. The van der Waals surface area contributed by atoms with E-state index in [1.165, 1.54) is 0 Å². The van der Waals surface area contributed by atoms with Gasteiger partial charge in [-0.2, -0.15) is 5.26 Å². The number of halogens is 1.